The van der Waals surface area contributed by atoms with Gasteiger partial charge in [0, 0.05) is 6.20 Å². The second-order valence-electron chi connectivity index (χ2n) is 3.72. The van der Waals surface area contributed by atoms with Gasteiger partial charge in [-0.15, -0.1) is 0 Å². The van der Waals surface area contributed by atoms with Crippen LogP contribution in [-0.4, -0.2) is 4.98 Å². The topological polar surface area (TPSA) is 50.9 Å². The van der Waals surface area contributed by atoms with Crippen LogP contribution in [0, 0.1) is 5.82 Å². The average molecular weight is 195 g/mol. The summed E-state index contributed by atoms with van der Waals surface area (Å²) in [5, 5.41) is 0. The summed E-state index contributed by atoms with van der Waals surface area (Å²) in [5.41, 5.74) is 3.23. The van der Waals surface area contributed by atoms with Crippen LogP contribution in [-0.2, 0) is 0 Å². The fourth-order valence-electron chi connectivity index (χ4n) is 2.04. The minimum atomic E-state index is -0.364. The van der Waals surface area contributed by atoms with E-state index in [1.165, 1.54) is 18.9 Å². The van der Waals surface area contributed by atoms with E-state index in [-0.39, 0.29) is 11.6 Å². The molecule has 0 aromatic carbocycles. The molecule has 1 aliphatic carbocycles. The van der Waals surface area contributed by atoms with Crippen LogP contribution < -0.4 is 11.3 Å². The molecule has 0 bridgehead atoms. The lowest BCUT2D eigenvalue weighted by molar-refractivity contribution is 0.614. The molecule has 1 aromatic rings. The predicted octanol–water partition coefficient (Wildman–Crippen LogP) is 2.16. The minimum absolute atomic E-state index is 0.117. The maximum Gasteiger partial charge on any atom is 0.176 e. The van der Waals surface area contributed by atoms with Crippen LogP contribution in [0.3, 0.4) is 0 Å². The van der Waals surface area contributed by atoms with E-state index in [1.807, 2.05) is 0 Å². The van der Waals surface area contributed by atoms with Crippen molar-refractivity contribution in [2.24, 2.45) is 5.84 Å². The standard InChI is InChI=1S/C10H14FN3/c11-9-5-8(6-13-10(9)14-12)7-3-1-2-4-7/h5-7H,1-4,12H2,(H,13,14). The molecular weight excluding hydrogens is 181 g/mol. The summed E-state index contributed by atoms with van der Waals surface area (Å²) in [6.45, 7) is 0. The molecule has 0 atom stereocenters. The Kier molecular flexibility index (Phi) is 2.63. The highest BCUT2D eigenvalue weighted by Gasteiger charge is 2.18. The molecule has 0 spiro atoms. The van der Waals surface area contributed by atoms with Gasteiger partial charge in [-0.05, 0) is 30.4 Å². The Morgan fingerprint density at radius 1 is 1.43 bits per heavy atom. The van der Waals surface area contributed by atoms with Gasteiger partial charge >= 0.3 is 0 Å². The molecule has 1 aromatic heterocycles. The highest BCUT2D eigenvalue weighted by atomic mass is 19.1. The van der Waals surface area contributed by atoms with E-state index in [0.717, 1.165) is 18.4 Å². The van der Waals surface area contributed by atoms with Gasteiger partial charge in [0.1, 0.15) is 0 Å². The Balaban J connectivity index is 2.23. The monoisotopic (exact) mass is 195 g/mol. The Labute approximate surface area is 82.5 Å². The number of nitrogen functional groups attached to an aromatic ring is 1. The van der Waals surface area contributed by atoms with Crippen LogP contribution in [0.25, 0.3) is 0 Å². The van der Waals surface area contributed by atoms with Crippen molar-refractivity contribution in [1.82, 2.24) is 4.98 Å². The maximum atomic E-state index is 13.3. The van der Waals surface area contributed by atoms with Crippen molar-refractivity contribution < 1.29 is 4.39 Å². The van der Waals surface area contributed by atoms with E-state index >= 15 is 0 Å². The number of nitrogens with two attached hydrogens (primary N) is 1. The average Bonchev–Trinajstić information content (AvgIpc) is 2.70. The quantitative estimate of drug-likeness (QED) is 0.561. The number of hydrogen-bond acceptors (Lipinski definition) is 3. The molecule has 3 N–H and O–H groups in total. The van der Waals surface area contributed by atoms with E-state index in [0.29, 0.717) is 5.92 Å². The highest BCUT2D eigenvalue weighted by molar-refractivity contribution is 5.37. The SMILES string of the molecule is NNc1ncc(C2CCCC2)cc1F. The van der Waals surface area contributed by atoms with Crippen LogP contribution in [0.15, 0.2) is 12.3 Å². The molecule has 2 rings (SSSR count). The van der Waals surface area contributed by atoms with Gasteiger partial charge in [0.25, 0.3) is 0 Å². The summed E-state index contributed by atoms with van der Waals surface area (Å²) in [5.74, 6) is 5.34. The third kappa shape index (κ3) is 1.70. The molecule has 14 heavy (non-hydrogen) atoms. The molecule has 0 unspecified atom stereocenters. The number of pyridine rings is 1. The van der Waals surface area contributed by atoms with Crippen molar-refractivity contribution in [3.05, 3.63) is 23.6 Å². The highest BCUT2D eigenvalue weighted by Crippen LogP contribution is 2.34. The number of hydrogen-bond donors (Lipinski definition) is 2. The van der Waals surface area contributed by atoms with Gasteiger partial charge in [0.05, 0.1) is 0 Å². The number of hydrazine groups is 1. The molecule has 4 heteroatoms. The zero-order valence-corrected chi connectivity index (χ0v) is 7.96. The number of anilines is 1. The normalized spacial score (nSPS) is 17.3. The predicted molar refractivity (Wildman–Crippen MR) is 53.2 cm³/mol. The van der Waals surface area contributed by atoms with E-state index in [2.05, 4.69) is 10.4 Å². The summed E-state index contributed by atoms with van der Waals surface area (Å²) < 4.78 is 13.3. The second kappa shape index (κ2) is 3.92. The largest absolute Gasteiger partial charge is 0.306 e. The van der Waals surface area contributed by atoms with E-state index in [4.69, 9.17) is 5.84 Å². The van der Waals surface area contributed by atoms with Crippen molar-refractivity contribution in [3.63, 3.8) is 0 Å². The number of nitrogens with zero attached hydrogens (tertiary/aromatic N) is 1. The molecule has 76 valence electrons. The lowest BCUT2D eigenvalue weighted by Gasteiger charge is -2.09. The van der Waals surface area contributed by atoms with E-state index in [9.17, 15) is 4.39 Å². The molecule has 3 nitrogen and oxygen atoms in total. The van der Waals surface area contributed by atoms with Gasteiger partial charge in [-0.25, -0.2) is 15.2 Å². The van der Waals surface area contributed by atoms with Gasteiger partial charge in [0.15, 0.2) is 11.6 Å². The molecule has 0 radical (unpaired) electrons. The van der Waals surface area contributed by atoms with E-state index < -0.39 is 0 Å². The number of rotatable bonds is 2. The molecular formula is C10H14FN3. The van der Waals surface area contributed by atoms with Crippen LogP contribution in [0.2, 0.25) is 0 Å². The smallest absolute Gasteiger partial charge is 0.176 e. The van der Waals surface area contributed by atoms with Gasteiger partial charge in [-0.1, -0.05) is 12.8 Å². The first-order valence-electron chi connectivity index (χ1n) is 4.93. The second-order valence-corrected chi connectivity index (χ2v) is 3.72. The van der Waals surface area contributed by atoms with Crippen molar-refractivity contribution in [1.29, 1.82) is 0 Å². The third-order valence-electron chi connectivity index (χ3n) is 2.83. The van der Waals surface area contributed by atoms with Gasteiger partial charge in [0.2, 0.25) is 0 Å². The summed E-state index contributed by atoms with van der Waals surface area (Å²) in [6, 6.07) is 1.54. The van der Waals surface area contributed by atoms with Crippen LogP contribution >= 0.6 is 0 Å². The Hall–Kier alpha value is -1.16. The Morgan fingerprint density at radius 2 is 2.14 bits per heavy atom. The Morgan fingerprint density at radius 3 is 2.71 bits per heavy atom. The minimum Gasteiger partial charge on any atom is -0.306 e. The van der Waals surface area contributed by atoms with Crippen molar-refractivity contribution in [3.8, 4) is 0 Å². The van der Waals surface area contributed by atoms with Gasteiger partial charge < -0.3 is 5.43 Å². The van der Waals surface area contributed by atoms with Crippen LogP contribution in [0.1, 0.15) is 37.2 Å². The lowest BCUT2D eigenvalue weighted by atomic mass is 10.00. The molecule has 1 fully saturated rings. The Bertz CT molecular complexity index is 321. The van der Waals surface area contributed by atoms with Crippen LogP contribution in [0.4, 0.5) is 10.2 Å². The fraction of sp³-hybridized carbons (Fsp3) is 0.500. The maximum absolute atomic E-state index is 13.3. The number of nitrogens with one attached hydrogen (secondary N) is 1. The zero-order valence-electron chi connectivity index (χ0n) is 7.96. The lowest BCUT2D eigenvalue weighted by Crippen LogP contribution is -2.11. The van der Waals surface area contributed by atoms with Crippen molar-refractivity contribution >= 4 is 5.82 Å². The molecule has 1 aliphatic rings. The third-order valence-corrected chi connectivity index (χ3v) is 2.83. The summed E-state index contributed by atoms with van der Waals surface area (Å²) in [7, 11) is 0. The molecule has 0 amide bonds. The molecule has 0 saturated heterocycles. The summed E-state index contributed by atoms with van der Waals surface area (Å²) >= 11 is 0. The first kappa shape index (κ1) is 9.40. The van der Waals surface area contributed by atoms with Crippen molar-refractivity contribution in [2.75, 3.05) is 5.43 Å². The first-order valence-corrected chi connectivity index (χ1v) is 4.93. The summed E-state index contributed by atoms with van der Waals surface area (Å²) in [6.07, 6.45) is 6.49. The number of aromatic nitrogens is 1. The van der Waals surface area contributed by atoms with E-state index in [1.54, 1.807) is 6.20 Å². The van der Waals surface area contributed by atoms with Crippen molar-refractivity contribution in [2.45, 2.75) is 31.6 Å². The zero-order chi connectivity index (χ0) is 9.97. The fourth-order valence-corrected chi connectivity index (χ4v) is 2.04. The van der Waals surface area contributed by atoms with Crippen LogP contribution in [0.5, 0.6) is 0 Å². The molecule has 0 aliphatic heterocycles. The first-order chi connectivity index (χ1) is 6.81. The molecule has 1 saturated carbocycles. The van der Waals surface area contributed by atoms with Gasteiger partial charge in [-0.2, -0.15) is 0 Å². The molecule has 1 heterocycles. The summed E-state index contributed by atoms with van der Waals surface area (Å²) in [4.78, 5) is 3.93. The van der Waals surface area contributed by atoms with Gasteiger partial charge in [-0.3, -0.25) is 0 Å². The number of halogens is 1.